The van der Waals surface area contributed by atoms with Crippen LogP contribution in [0.1, 0.15) is 0 Å². The number of hydrogen-bond donors (Lipinski definition) is 1. The highest BCUT2D eigenvalue weighted by Crippen LogP contribution is 2.29. The van der Waals surface area contributed by atoms with Gasteiger partial charge in [-0.3, -0.25) is 4.68 Å². The van der Waals surface area contributed by atoms with Gasteiger partial charge in [0.25, 0.3) is 0 Å². The Bertz CT molecular complexity index is 1130. The smallest absolute Gasteiger partial charge is 0.213 e. The van der Waals surface area contributed by atoms with Crippen molar-refractivity contribution in [2.75, 3.05) is 32.6 Å². The molecule has 0 fully saturated rings. The first-order chi connectivity index (χ1) is 14.6. The zero-order chi connectivity index (χ0) is 20.9. The summed E-state index contributed by atoms with van der Waals surface area (Å²) < 4.78 is 13.3. The highest BCUT2D eigenvalue weighted by Gasteiger charge is 2.08. The first-order valence-electron chi connectivity index (χ1n) is 9.50. The van der Waals surface area contributed by atoms with E-state index in [9.17, 15) is 0 Å². The van der Waals surface area contributed by atoms with E-state index in [-0.39, 0.29) is 0 Å². The number of likely N-dealkylation sites (N-methyl/N-ethyl adjacent to an activating group) is 1. The topological polar surface area (TPSA) is 90.2 Å². The number of hydrogen-bond acceptors (Lipinski definition) is 8. The van der Waals surface area contributed by atoms with Gasteiger partial charge in [0, 0.05) is 37.3 Å². The van der Waals surface area contributed by atoms with E-state index in [2.05, 4.69) is 30.3 Å². The molecule has 0 saturated heterocycles. The Hall–Kier alpha value is -3.72. The first-order valence-corrected chi connectivity index (χ1v) is 9.50. The molecule has 9 nitrogen and oxygen atoms in total. The lowest BCUT2D eigenvalue weighted by molar-refractivity contribution is 0.253. The van der Waals surface area contributed by atoms with E-state index in [4.69, 9.17) is 9.47 Å². The molecule has 0 unspecified atom stereocenters. The van der Waals surface area contributed by atoms with E-state index < -0.39 is 0 Å². The van der Waals surface area contributed by atoms with Crippen LogP contribution in [0, 0.1) is 0 Å². The van der Waals surface area contributed by atoms with E-state index in [1.54, 1.807) is 16.9 Å². The molecule has 0 radical (unpaired) electrons. The van der Waals surface area contributed by atoms with Crippen molar-refractivity contribution in [3.05, 3.63) is 55.1 Å². The van der Waals surface area contributed by atoms with Crippen LogP contribution in [0.3, 0.4) is 0 Å². The molecular formula is C21H23N7O2. The third-order valence-corrected chi connectivity index (χ3v) is 4.30. The van der Waals surface area contributed by atoms with Gasteiger partial charge in [0.1, 0.15) is 30.3 Å². The number of anilines is 2. The number of ether oxygens (including phenoxy) is 2. The lowest BCUT2D eigenvalue weighted by Gasteiger charge is -2.11. The Morgan fingerprint density at radius 1 is 1.03 bits per heavy atom. The minimum Gasteiger partial charge on any atom is -0.476 e. The highest BCUT2D eigenvalue weighted by molar-refractivity contribution is 5.91. The molecule has 1 aromatic carbocycles. The van der Waals surface area contributed by atoms with Crippen LogP contribution < -0.4 is 14.8 Å². The standard InChI is InChI=1S/C21H23N7O2/c1-27(2)10-11-29-20-7-5-16(13-22-20)30-15-4-6-18-17(12-15)21(24-14-23-18)25-19-8-9-28(3)26-19/h4-9,12-14H,10-11H2,1-3H3,(H,23,24,25,26). The third kappa shape index (κ3) is 4.81. The van der Waals surface area contributed by atoms with Crippen molar-refractivity contribution >= 4 is 22.5 Å². The van der Waals surface area contributed by atoms with Crippen molar-refractivity contribution in [1.29, 1.82) is 0 Å². The van der Waals surface area contributed by atoms with Crippen LogP contribution >= 0.6 is 0 Å². The molecule has 3 heterocycles. The molecular weight excluding hydrogens is 382 g/mol. The van der Waals surface area contributed by atoms with Gasteiger partial charge in [0.15, 0.2) is 5.82 Å². The molecule has 30 heavy (non-hydrogen) atoms. The zero-order valence-electron chi connectivity index (χ0n) is 17.1. The summed E-state index contributed by atoms with van der Waals surface area (Å²) in [6.45, 7) is 1.41. The molecule has 4 aromatic rings. The fourth-order valence-corrected chi connectivity index (χ4v) is 2.78. The molecule has 0 aliphatic rings. The molecule has 0 amide bonds. The predicted molar refractivity (Wildman–Crippen MR) is 114 cm³/mol. The Morgan fingerprint density at radius 2 is 1.90 bits per heavy atom. The number of rotatable bonds is 8. The van der Waals surface area contributed by atoms with E-state index in [0.717, 1.165) is 17.4 Å². The molecule has 9 heteroatoms. The molecule has 4 rings (SSSR count). The molecule has 0 saturated carbocycles. The van der Waals surface area contributed by atoms with Gasteiger partial charge in [0.2, 0.25) is 5.88 Å². The van der Waals surface area contributed by atoms with Crippen LogP contribution in [0.25, 0.3) is 10.9 Å². The lowest BCUT2D eigenvalue weighted by Crippen LogP contribution is -2.19. The Kier molecular flexibility index (Phi) is 5.71. The minimum absolute atomic E-state index is 0.568. The third-order valence-electron chi connectivity index (χ3n) is 4.30. The summed E-state index contributed by atoms with van der Waals surface area (Å²) in [7, 11) is 5.86. The quantitative estimate of drug-likeness (QED) is 0.478. The van der Waals surface area contributed by atoms with Crippen molar-refractivity contribution < 1.29 is 9.47 Å². The first kappa shape index (κ1) is 19.6. The lowest BCUT2D eigenvalue weighted by atomic mass is 10.2. The number of benzene rings is 1. The van der Waals surface area contributed by atoms with Crippen LogP contribution in [0.15, 0.2) is 55.1 Å². The van der Waals surface area contributed by atoms with E-state index in [1.165, 1.54) is 6.33 Å². The van der Waals surface area contributed by atoms with Crippen molar-refractivity contribution in [2.45, 2.75) is 0 Å². The van der Waals surface area contributed by atoms with Gasteiger partial charge in [-0.1, -0.05) is 0 Å². The molecule has 0 aliphatic heterocycles. The van der Waals surface area contributed by atoms with Crippen LogP contribution in [-0.2, 0) is 7.05 Å². The largest absolute Gasteiger partial charge is 0.476 e. The summed E-state index contributed by atoms with van der Waals surface area (Å²) in [5, 5.41) is 8.39. The van der Waals surface area contributed by atoms with Gasteiger partial charge < -0.3 is 19.7 Å². The number of aryl methyl sites for hydroxylation is 1. The van der Waals surface area contributed by atoms with Gasteiger partial charge in [-0.25, -0.2) is 15.0 Å². The second-order valence-corrected chi connectivity index (χ2v) is 6.99. The van der Waals surface area contributed by atoms with Gasteiger partial charge >= 0.3 is 0 Å². The van der Waals surface area contributed by atoms with Crippen LogP contribution in [0.4, 0.5) is 11.6 Å². The van der Waals surface area contributed by atoms with E-state index >= 15 is 0 Å². The maximum absolute atomic E-state index is 5.96. The van der Waals surface area contributed by atoms with Crippen molar-refractivity contribution in [3.63, 3.8) is 0 Å². The molecule has 0 atom stereocenters. The zero-order valence-corrected chi connectivity index (χ0v) is 17.1. The summed E-state index contributed by atoms with van der Waals surface area (Å²) in [5.74, 6) is 3.21. The number of nitrogens with zero attached hydrogens (tertiary/aromatic N) is 6. The van der Waals surface area contributed by atoms with Gasteiger partial charge in [0.05, 0.1) is 11.7 Å². The second kappa shape index (κ2) is 8.75. The number of nitrogens with one attached hydrogen (secondary N) is 1. The van der Waals surface area contributed by atoms with Crippen molar-refractivity contribution in [3.8, 4) is 17.4 Å². The normalized spacial score (nSPS) is 11.1. The summed E-state index contributed by atoms with van der Waals surface area (Å²) in [5.41, 5.74) is 0.804. The molecule has 0 bridgehead atoms. The van der Waals surface area contributed by atoms with Crippen LogP contribution in [-0.4, -0.2) is 56.9 Å². The molecule has 3 aromatic heterocycles. The van der Waals surface area contributed by atoms with E-state index in [1.807, 2.05) is 57.7 Å². The molecule has 0 aliphatic carbocycles. The maximum Gasteiger partial charge on any atom is 0.213 e. The van der Waals surface area contributed by atoms with Gasteiger partial charge in [-0.2, -0.15) is 5.10 Å². The number of pyridine rings is 1. The van der Waals surface area contributed by atoms with Crippen molar-refractivity contribution in [1.82, 2.24) is 29.6 Å². The molecule has 1 N–H and O–H groups in total. The SMILES string of the molecule is CN(C)CCOc1ccc(Oc2ccc3ncnc(Nc4ccn(C)n4)c3c2)cn1. The maximum atomic E-state index is 5.96. The van der Waals surface area contributed by atoms with E-state index in [0.29, 0.717) is 35.6 Å². The summed E-state index contributed by atoms with van der Waals surface area (Å²) >= 11 is 0. The average molecular weight is 405 g/mol. The summed E-state index contributed by atoms with van der Waals surface area (Å²) in [6.07, 6.45) is 5.03. The summed E-state index contributed by atoms with van der Waals surface area (Å²) in [4.78, 5) is 15.0. The average Bonchev–Trinajstić information content (AvgIpc) is 3.14. The highest BCUT2D eigenvalue weighted by atomic mass is 16.5. The van der Waals surface area contributed by atoms with Crippen molar-refractivity contribution in [2.24, 2.45) is 7.05 Å². The molecule has 154 valence electrons. The second-order valence-electron chi connectivity index (χ2n) is 6.99. The van der Waals surface area contributed by atoms with Crippen LogP contribution in [0.5, 0.6) is 17.4 Å². The minimum atomic E-state index is 0.568. The number of fused-ring (bicyclic) bond motifs is 1. The Balaban J connectivity index is 1.50. The fourth-order valence-electron chi connectivity index (χ4n) is 2.78. The van der Waals surface area contributed by atoms with Gasteiger partial charge in [-0.15, -0.1) is 0 Å². The molecule has 0 spiro atoms. The summed E-state index contributed by atoms with van der Waals surface area (Å²) in [6, 6.07) is 11.1. The Labute approximate surface area is 174 Å². The number of aromatic nitrogens is 5. The fraction of sp³-hybridized carbons (Fsp3) is 0.238. The monoisotopic (exact) mass is 405 g/mol. The Morgan fingerprint density at radius 3 is 2.63 bits per heavy atom. The van der Waals surface area contributed by atoms with Crippen LogP contribution in [0.2, 0.25) is 0 Å². The van der Waals surface area contributed by atoms with Gasteiger partial charge in [-0.05, 0) is 38.4 Å². The predicted octanol–water partition coefficient (Wildman–Crippen LogP) is 3.23.